The molecule has 1 saturated carbocycles. The number of hydrogen-bond donors (Lipinski definition) is 1. The second-order valence-corrected chi connectivity index (χ2v) is 5.18. The van der Waals surface area contributed by atoms with Gasteiger partial charge in [-0.05, 0) is 38.6 Å². The first-order valence-corrected chi connectivity index (χ1v) is 6.81. The molecule has 1 saturated heterocycles. The van der Waals surface area contributed by atoms with Crippen LogP contribution in [0, 0.1) is 5.92 Å². The first kappa shape index (κ1) is 11.9. The van der Waals surface area contributed by atoms with E-state index >= 15 is 0 Å². The summed E-state index contributed by atoms with van der Waals surface area (Å²) < 4.78 is 0. The van der Waals surface area contributed by atoms with Gasteiger partial charge in [0, 0.05) is 25.6 Å². The molecule has 1 N–H and O–H groups in total. The number of rotatable bonds is 4. The molecule has 2 rings (SSSR count). The Hall–Kier alpha value is -0.570. The molecule has 0 spiro atoms. The monoisotopic (exact) mass is 224 g/mol. The summed E-state index contributed by atoms with van der Waals surface area (Å²) in [5.74, 6) is 1.07. The van der Waals surface area contributed by atoms with E-state index in [1.807, 2.05) is 0 Å². The molecule has 0 aromatic rings. The molecular formula is C13H24N2O. The van der Waals surface area contributed by atoms with Gasteiger partial charge in [-0.15, -0.1) is 0 Å². The van der Waals surface area contributed by atoms with Gasteiger partial charge in [-0.2, -0.15) is 0 Å². The highest BCUT2D eigenvalue weighted by atomic mass is 16.2. The summed E-state index contributed by atoms with van der Waals surface area (Å²) in [5.41, 5.74) is 0. The van der Waals surface area contributed by atoms with Crippen molar-refractivity contribution >= 4 is 5.91 Å². The zero-order valence-corrected chi connectivity index (χ0v) is 10.4. The van der Waals surface area contributed by atoms with Crippen molar-refractivity contribution in [2.24, 2.45) is 5.92 Å². The van der Waals surface area contributed by atoms with Crippen LogP contribution in [0.2, 0.25) is 0 Å². The largest absolute Gasteiger partial charge is 0.339 e. The summed E-state index contributed by atoms with van der Waals surface area (Å²) in [4.78, 5) is 14.3. The maximum atomic E-state index is 12.2. The van der Waals surface area contributed by atoms with E-state index in [0.717, 1.165) is 32.5 Å². The van der Waals surface area contributed by atoms with E-state index in [2.05, 4.69) is 17.1 Å². The van der Waals surface area contributed by atoms with Gasteiger partial charge in [0.25, 0.3) is 0 Å². The van der Waals surface area contributed by atoms with Crippen LogP contribution in [0.3, 0.4) is 0 Å². The third-order valence-corrected chi connectivity index (χ3v) is 4.07. The van der Waals surface area contributed by atoms with Crippen molar-refractivity contribution in [2.75, 3.05) is 19.6 Å². The van der Waals surface area contributed by atoms with Gasteiger partial charge in [-0.3, -0.25) is 4.79 Å². The second-order valence-electron chi connectivity index (χ2n) is 5.18. The summed E-state index contributed by atoms with van der Waals surface area (Å²) >= 11 is 0. The zero-order valence-electron chi connectivity index (χ0n) is 10.4. The van der Waals surface area contributed by atoms with Gasteiger partial charge < -0.3 is 10.2 Å². The summed E-state index contributed by atoms with van der Waals surface area (Å²) in [7, 11) is 0. The molecule has 1 unspecified atom stereocenters. The Morgan fingerprint density at radius 1 is 1.31 bits per heavy atom. The normalized spacial score (nSPS) is 26.2. The van der Waals surface area contributed by atoms with Crippen LogP contribution in [0.25, 0.3) is 0 Å². The number of likely N-dealkylation sites (N-methyl/N-ethyl adjacent to an activating group) is 1. The fraction of sp³-hybridized carbons (Fsp3) is 0.923. The molecule has 92 valence electrons. The van der Waals surface area contributed by atoms with E-state index in [1.54, 1.807) is 0 Å². The molecule has 1 amide bonds. The molecule has 3 heteroatoms. The Bertz CT molecular complexity index is 230. The standard InChI is InChI=1S/C13H24N2O/c1-2-15(12-7-8-14-10-12)13(16)9-11-5-3-4-6-11/h11-12,14H,2-10H2,1H3. The predicted octanol–water partition coefficient (Wildman–Crippen LogP) is 1.78. The SMILES string of the molecule is CCN(C(=O)CC1CCCC1)C1CCNC1. The van der Waals surface area contributed by atoms with Gasteiger partial charge in [0.05, 0.1) is 0 Å². The smallest absolute Gasteiger partial charge is 0.223 e. The minimum Gasteiger partial charge on any atom is -0.339 e. The first-order valence-electron chi connectivity index (χ1n) is 6.81. The minimum atomic E-state index is 0.392. The number of hydrogen-bond acceptors (Lipinski definition) is 2. The van der Waals surface area contributed by atoms with Gasteiger partial charge in [-0.1, -0.05) is 12.8 Å². The highest BCUT2D eigenvalue weighted by Gasteiger charge is 2.27. The van der Waals surface area contributed by atoms with Gasteiger partial charge >= 0.3 is 0 Å². The van der Waals surface area contributed by atoms with E-state index in [1.165, 1.54) is 25.7 Å². The van der Waals surface area contributed by atoms with Crippen molar-refractivity contribution in [1.29, 1.82) is 0 Å². The van der Waals surface area contributed by atoms with E-state index in [-0.39, 0.29) is 0 Å². The third-order valence-electron chi connectivity index (χ3n) is 4.07. The van der Waals surface area contributed by atoms with E-state index < -0.39 is 0 Å². The zero-order chi connectivity index (χ0) is 11.4. The van der Waals surface area contributed by atoms with Gasteiger partial charge in [-0.25, -0.2) is 0 Å². The number of nitrogens with zero attached hydrogens (tertiary/aromatic N) is 1. The van der Waals surface area contributed by atoms with Gasteiger partial charge in [0.2, 0.25) is 5.91 Å². The summed E-state index contributed by atoms with van der Waals surface area (Å²) in [6.07, 6.45) is 7.12. The Morgan fingerprint density at radius 3 is 2.62 bits per heavy atom. The van der Waals surface area contributed by atoms with Crippen LogP contribution >= 0.6 is 0 Å². The van der Waals surface area contributed by atoms with Crippen molar-refractivity contribution in [1.82, 2.24) is 10.2 Å². The Morgan fingerprint density at radius 2 is 2.06 bits per heavy atom. The third kappa shape index (κ3) is 2.76. The number of carbonyl (C=O) groups is 1. The molecule has 2 aliphatic rings. The van der Waals surface area contributed by atoms with Gasteiger partial charge in [0.1, 0.15) is 0 Å². The number of nitrogens with one attached hydrogen (secondary N) is 1. The lowest BCUT2D eigenvalue weighted by Gasteiger charge is -2.28. The molecule has 1 aliphatic heterocycles. The van der Waals surface area contributed by atoms with Crippen molar-refractivity contribution in [3.05, 3.63) is 0 Å². The maximum Gasteiger partial charge on any atom is 0.223 e. The average molecular weight is 224 g/mol. The molecule has 0 aromatic carbocycles. The summed E-state index contributed by atoms with van der Waals surface area (Å²) in [5, 5.41) is 3.34. The van der Waals surface area contributed by atoms with Crippen LogP contribution in [0.5, 0.6) is 0 Å². The van der Waals surface area contributed by atoms with Gasteiger partial charge in [0.15, 0.2) is 0 Å². The van der Waals surface area contributed by atoms with E-state index in [0.29, 0.717) is 17.9 Å². The molecule has 2 fully saturated rings. The lowest BCUT2D eigenvalue weighted by Crippen LogP contribution is -2.41. The van der Waals surface area contributed by atoms with Crippen molar-refractivity contribution in [2.45, 2.75) is 51.5 Å². The molecular weight excluding hydrogens is 200 g/mol. The molecule has 16 heavy (non-hydrogen) atoms. The Kier molecular flexibility index (Phi) is 4.22. The van der Waals surface area contributed by atoms with Crippen LogP contribution in [0.4, 0.5) is 0 Å². The van der Waals surface area contributed by atoms with Crippen LogP contribution in [0.15, 0.2) is 0 Å². The molecule has 0 aromatic heterocycles. The lowest BCUT2D eigenvalue weighted by molar-refractivity contribution is -0.133. The molecule has 0 radical (unpaired) electrons. The van der Waals surface area contributed by atoms with Crippen LogP contribution < -0.4 is 5.32 Å². The maximum absolute atomic E-state index is 12.2. The van der Waals surface area contributed by atoms with Crippen molar-refractivity contribution < 1.29 is 4.79 Å². The number of amides is 1. The quantitative estimate of drug-likeness (QED) is 0.789. The van der Waals surface area contributed by atoms with Crippen LogP contribution in [-0.4, -0.2) is 36.5 Å². The molecule has 1 aliphatic carbocycles. The topological polar surface area (TPSA) is 32.3 Å². The predicted molar refractivity (Wildman–Crippen MR) is 65.2 cm³/mol. The van der Waals surface area contributed by atoms with Crippen molar-refractivity contribution in [3.63, 3.8) is 0 Å². The highest BCUT2D eigenvalue weighted by Crippen LogP contribution is 2.28. The molecule has 1 atom stereocenters. The van der Waals surface area contributed by atoms with Crippen LogP contribution in [-0.2, 0) is 4.79 Å². The average Bonchev–Trinajstić information content (AvgIpc) is 2.91. The molecule has 3 nitrogen and oxygen atoms in total. The molecule has 1 heterocycles. The van der Waals surface area contributed by atoms with E-state index in [4.69, 9.17) is 0 Å². The highest BCUT2D eigenvalue weighted by molar-refractivity contribution is 5.76. The fourth-order valence-corrected chi connectivity index (χ4v) is 3.12. The lowest BCUT2D eigenvalue weighted by atomic mass is 10.0. The molecule has 0 bridgehead atoms. The van der Waals surface area contributed by atoms with Crippen molar-refractivity contribution in [3.8, 4) is 0 Å². The Labute approximate surface area is 98.6 Å². The summed E-state index contributed by atoms with van der Waals surface area (Å²) in [6.45, 7) is 5.03. The Balaban J connectivity index is 1.84. The second kappa shape index (κ2) is 5.67. The summed E-state index contributed by atoms with van der Waals surface area (Å²) in [6, 6.07) is 0.457. The van der Waals surface area contributed by atoms with Crippen LogP contribution in [0.1, 0.15) is 45.4 Å². The van der Waals surface area contributed by atoms with E-state index in [9.17, 15) is 4.79 Å². The number of carbonyl (C=O) groups excluding carboxylic acids is 1. The fourth-order valence-electron chi connectivity index (χ4n) is 3.12. The first-order chi connectivity index (χ1) is 7.81. The minimum absolute atomic E-state index is 0.392.